The third kappa shape index (κ3) is 3.05. The van der Waals surface area contributed by atoms with Gasteiger partial charge in [0.15, 0.2) is 0 Å². The number of nitrogens with one attached hydrogen (secondary N) is 1. The van der Waals surface area contributed by atoms with Crippen molar-refractivity contribution in [2.45, 2.75) is 31.8 Å². The first-order valence-corrected chi connectivity index (χ1v) is 8.94. The normalized spacial score (nSPS) is 27.2. The fourth-order valence-electron chi connectivity index (χ4n) is 4.30. The number of piperidine rings is 1. The molecule has 2 fully saturated rings. The van der Waals surface area contributed by atoms with E-state index in [0.717, 1.165) is 12.8 Å². The second-order valence-electron chi connectivity index (χ2n) is 7.18. The largest absolute Gasteiger partial charge is 0.374 e. The van der Waals surface area contributed by atoms with E-state index in [1.54, 1.807) is 0 Å². The van der Waals surface area contributed by atoms with E-state index in [1.807, 2.05) is 4.90 Å². The number of benzene rings is 1. The summed E-state index contributed by atoms with van der Waals surface area (Å²) >= 11 is 0. The van der Waals surface area contributed by atoms with Crippen molar-refractivity contribution in [1.82, 2.24) is 10.2 Å². The van der Waals surface area contributed by atoms with Crippen molar-refractivity contribution in [3.8, 4) is 0 Å². The maximum atomic E-state index is 12.7. The Bertz CT molecular complexity index is 620. The molecule has 1 aliphatic carbocycles. The summed E-state index contributed by atoms with van der Waals surface area (Å²) in [7, 11) is 0. The smallest absolute Gasteiger partial charge is 0.225 e. The quantitative estimate of drug-likeness (QED) is 0.886. The highest BCUT2D eigenvalue weighted by atomic mass is 16.5. The van der Waals surface area contributed by atoms with Crippen LogP contribution >= 0.6 is 0 Å². The molecule has 0 spiro atoms. The van der Waals surface area contributed by atoms with Gasteiger partial charge in [-0.25, -0.2) is 0 Å². The zero-order valence-electron chi connectivity index (χ0n) is 13.9. The van der Waals surface area contributed by atoms with Gasteiger partial charge < -0.3 is 15.0 Å². The van der Waals surface area contributed by atoms with E-state index in [2.05, 4.69) is 29.6 Å². The van der Waals surface area contributed by atoms with Crippen molar-refractivity contribution in [1.29, 1.82) is 0 Å². The van der Waals surface area contributed by atoms with Gasteiger partial charge in [0.05, 0.1) is 18.6 Å². The SMILES string of the molecule is O=C1NCCO[C@H]2CN(C(=O)CC3Cc4ccccc4C3)CC[C@@H]12. The maximum absolute atomic E-state index is 12.7. The van der Waals surface area contributed by atoms with Gasteiger partial charge in [-0.15, -0.1) is 0 Å². The third-order valence-electron chi connectivity index (χ3n) is 5.58. The molecule has 24 heavy (non-hydrogen) atoms. The number of nitrogens with zero attached hydrogens (tertiary/aromatic N) is 1. The van der Waals surface area contributed by atoms with Crippen LogP contribution in [-0.2, 0) is 27.2 Å². The van der Waals surface area contributed by atoms with Crippen molar-refractivity contribution in [2.24, 2.45) is 11.8 Å². The van der Waals surface area contributed by atoms with Crippen molar-refractivity contribution in [3.05, 3.63) is 35.4 Å². The summed E-state index contributed by atoms with van der Waals surface area (Å²) in [5.41, 5.74) is 2.77. The van der Waals surface area contributed by atoms with Crippen LogP contribution in [0.3, 0.4) is 0 Å². The monoisotopic (exact) mass is 328 g/mol. The first-order chi connectivity index (χ1) is 11.7. The lowest BCUT2D eigenvalue weighted by Crippen LogP contribution is -2.50. The minimum Gasteiger partial charge on any atom is -0.374 e. The molecule has 3 aliphatic rings. The number of rotatable bonds is 2. The van der Waals surface area contributed by atoms with Crippen LogP contribution in [0.25, 0.3) is 0 Å². The molecular formula is C19H24N2O3. The summed E-state index contributed by atoms with van der Waals surface area (Å²) in [4.78, 5) is 26.7. The number of ether oxygens (including phenoxy) is 1. The van der Waals surface area contributed by atoms with E-state index in [9.17, 15) is 9.59 Å². The van der Waals surface area contributed by atoms with E-state index in [-0.39, 0.29) is 23.8 Å². The van der Waals surface area contributed by atoms with Crippen LogP contribution in [0.15, 0.2) is 24.3 Å². The van der Waals surface area contributed by atoms with Crippen LogP contribution in [0.4, 0.5) is 0 Å². The summed E-state index contributed by atoms with van der Waals surface area (Å²) in [6.07, 6.45) is 3.15. The Morgan fingerprint density at radius 2 is 2.00 bits per heavy atom. The van der Waals surface area contributed by atoms with Crippen LogP contribution in [0, 0.1) is 11.8 Å². The lowest BCUT2D eigenvalue weighted by atomic mass is 9.92. The topological polar surface area (TPSA) is 58.6 Å². The van der Waals surface area contributed by atoms with E-state index >= 15 is 0 Å². The van der Waals surface area contributed by atoms with Crippen molar-refractivity contribution < 1.29 is 14.3 Å². The molecule has 0 radical (unpaired) electrons. The summed E-state index contributed by atoms with van der Waals surface area (Å²) < 4.78 is 5.80. The molecular weight excluding hydrogens is 304 g/mol. The van der Waals surface area contributed by atoms with Gasteiger partial charge in [-0.05, 0) is 36.3 Å². The van der Waals surface area contributed by atoms with Crippen molar-refractivity contribution in [2.75, 3.05) is 26.2 Å². The van der Waals surface area contributed by atoms with Crippen LogP contribution in [0.5, 0.6) is 0 Å². The molecule has 0 saturated carbocycles. The Kier molecular flexibility index (Phi) is 4.27. The van der Waals surface area contributed by atoms with Crippen LogP contribution in [0.1, 0.15) is 24.0 Å². The third-order valence-corrected chi connectivity index (χ3v) is 5.58. The van der Waals surface area contributed by atoms with Gasteiger partial charge in [0.2, 0.25) is 11.8 Å². The fraction of sp³-hybridized carbons (Fsp3) is 0.579. The molecule has 1 aromatic carbocycles. The molecule has 0 bridgehead atoms. The van der Waals surface area contributed by atoms with Gasteiger partial charge in [-0.3, -0.25) is 9.59 Å². The molecule has 1 N–H and O–H groups in total. The minimum absolute atomic E-state index is 0.0795. The van der Waals surface area contributed by atoms with E-state index in [1.165, 1.54) is 11.1 Å². The molecule has 1 aromatic rings. The zero-order valence-corrected chi connectivity index (χ0v) is 13.9. The van der Waals surface area contributed by atoms with Gasteiger partial charge in [-0.1, -0.05) is 24.3 Å². The molecule has 128 valence electrons. The highest BCUT2D eigenvalue weighted by Crippen LogP contribution is 2.30. The fourth-order valence-corrected chi connectivity index (χ4v) is 4.30. The Morgan fingerprint density at radius 3 is 2.75 bits per heavy atom. The minimum atomic E-state index is -0.147. The number of amides is 2. The molecule has 2 saturated heterocycles. The van der Waals surface area contributed by atoms with Crippen molar-refractivity contribution >= 4 is 11.8 Å². The average Bonchev–Trinajstić information content (AvgIpc) is 2.91. The van der Waals surface area contributed by atoms with Gasteiger partial charge >= 0.3 is 0 Å². The van der Waals surface area contributed by atoms with Crippen LogP contribution < -0.4 is 5.32 Å². The number of carbonyl (C=O) groups is 2. The number of hydrogen-bond donors (Lipinski definition) is 1. The highest BCUT2D eigenvalue weighted by molar-refractivity contribution is 5.81. The van der Waals surface area contributed by atoms with Gasteiger partial charge in [-0.2, -0.15) is 0 Å². The number of fused-ring (bicyclic) bond motifs is 2. The molecule has 2 aliphatic heterocycles. The van der Waals surface area contributed by atoms with Gasteiger partial charge in [0.1, 0.15) is 0 Å². The first-order valence-electron chi connectivity index (χ1n) is 8.94. The Hall–Kier alpha value is -1.88. The summed E-state index contributed by atoms with van der Waals surface area (Å²) in [6.45, 7) is 2.32. The van der Waals surface area contributed by atoms with E-state index in [0.29, 0.717) is 45.0 Å². The standard InChI is InChI=1S/C19H24N2O3/c22-18(11-13-9-14-3-1-2-4-15(14)10-13)21-7-5-16-17(12-21)24-8-6-20-19(16)23/h1-4,13,16-17H,5-12H2,(H,20,23)/t16-,17+/m1/s1. The summed E-state index contributed by atoms with van der Waals surface area (Å²) in [6, 6.07) is 8.48. The lowest BCUT2D eigenvalue weighted by Gasteiger charge is -2.36. The Balaban J connectivity index is 1.35. The predicted octanol–water partition coefficient (Wildman–Crippen LogP) is 1.15. The second kappa shape index (κ2) is 6.55. The molecule has 2 heterocycles. The molecule has 5 nitrogen and oxygen atoms in total. The molecule has 2 amide bonds. The second-order valence-corrected chi connectivity index (χ2v) is 7.18. The summed E-state index contributed by atoms with van der Waals surface area (Å²) in [5.74, 6) is 0.591. The van der Waals surface area contributed by atoms with Gasteiger partial charge in [0, 0.05) is 26.1 Å². The number of carbonyl (C=O) groups excluding carboxylic acids is 2. The molecule has 0 aromatic heterocycles. The van der Waals surface area contributed by atoms with Crippen LogP contribution in [-0.4, -0.2) is 49.1 Å². The zero-order chi connectivity index (χ0) is 16.5. The lowest BCUT2D eigenvalue weighted by molar-refractivity contribution is -0.142. The van der Waals surface area contributed by atoms with Crippen LogP contribution in [0.2, 0.25) is 0 Å². The van der Waals surface area contributed by atoms with E-state index in [4.69, 9.17) is 4.74 Å². The number of likely N-dealkylation sites (tertiary alicyclic amines) is 1. The van der Waals surface area contributed by atoms with E-state index < -0.39 is 0 Å². The first kappa shape index (κ1) is 15.6. The Labute approximate surface area is 142 Å². The van der Waals surface area contributed by atoms with Gasteiger partial charge in [0.25, 0.3) is 0 Å². The molecule has 0 unspecified atom stereocenters. The molecule has 2 atom stereocenters. The highest BCUT2D eigenvalue weighted by Gasteiger charge is 2.38. The maximum Gasteiger partial charge on any atom is 0.225 e. The number of hydrogen-bond acceptors (Lipinski definition) is 3. The average molecular weight is 328 g/mol. The Morgan fingerprint density at radius 1 is 1.25 bits per heavy atom. The van der Waals surface area contributed by atoms with Crippen molar-refractivity contribution in [3.63, 3.8) is 0 Å². The predicted molar refractivity (Wildman–Crippen MR) is 89.4 cm³/mol. The molecule has 4 rings (SSSR count). The summed E-state index contributed by atoms with van der Waals surface area (Å²) in [5, 5.41) is 2.89. The molecule has 5 heteroatoms.